The summed E-state index contributed by atoms with van der Waals surface area (Å²) in [6.07, 6.45) is 9.08. The summed E-state index contributed by atoms with van der Waals surface area (Å²) >= 11 is 1.73. The summed E-state index contributed by atoms with van der Waals surface area (Å²) in [7, 11) is -1.42. The fourth-order valence-corrected chi connectivity index (χ4v) is 9.98. The molecule has 0 spiro atoms. The maximum atomic E-state index is 11.7. The van der Waals surface area contributed by atoms with E-state index in [1.807, 2.05) is 40.0 Å². The molecule has 4 nitrogen and oxygen atoms in total. The van der Waals surface area contributed by atoms with E-state index in [0.29, 0.717) is 0 Å². The fourth-order valence-electron chi connectivity index (χ4n) is 6.74. The molecule has 0 aliphatic carbocycles. The fraction of sp³-hybridized carbons (Fsp3) is 0.372. The van der Waals surface area contributed by atoms with Crippen LogP contribution in [-0.2, 0) is 30.3 Å². The zero-order valence-corrected chi connectivity index (χ0v) is 35.2. The minimum Gasteiger partial charge on any atom is -0.512 e. The van der Waals surface area contributed by atoms with Crippen LogP contribution in [0, 0.1) is 17.9 Å². The number of nitrogens with zero attached hydrogens (tertiary/aromatic N) is 2. The number of aliphatic hydroxyl groups excluding tert-OH is 1. The predicted molar refractivity (Wildman–Crippen MR) is 213 cm³/mol. The number of benzene rings is 3. The van der Waals surface area contributed by atoms with Crippen molar-refractivity contribution in [2.24, 2.45) is 11.8 Å². The number of fused-ring (bicyclic) bond motifs is 3. The summed E-state index contributed by atoms with van der Waals surface area (Å²) < 4.78 is 1.12. The third kappa shape index (κ3) is 8.45. The van der Waals surface area contributed by atoms with Gasteiger partial charge in [0.05, 0.1) is 11.3 Å². The summed E-state index contributed by atoms with van der Waals surface area (Å²) in [4.78, 5) is 21.6. The summed E-state index contributed by atoms with van der Waals surface area (Å²) in [5, 5.41) is 14.7. The smallest absolute Gasteiger partial charge is 0.162 e. The molecule has 2 aromatic heterocycles. The molecule has 1 aliphatic rings. The molecular formula is C43H51IrN2O2SSi-. The summed E-state index contributed by atoms with van der Waals surface area (Å²) in [5.41, 5.74) is 9.29. The van der Waals surface area contributed by atoms with Gasteiger partial charge in [0.25, 0.3) is 0 Å². The maximum absolute atomic E-state index is 11.7. The third-order valence-corrected chi connectivity index (χ3v) is 13.9. The Morgan fingerprint density at radius 2 is 1.64 bits per heavy atom. The number of carbonyl (C=O) groups is 1. The first kappa shape index (κ1) is 39.6. The van der Waals surface area contributed by atoms with Gasteiger partial charge in [-0.15, -0.1) is 40.5 Å². The molecule has 6 rings (SSSR count). The Morgan fingerprint density at radius 3 is 2.30 bits per heavy atom. The molecule has 0 amide bonds. The van der Waals surface area contributed by atoms with Gasteiger partial charge in [0.2, 0.25) is 0 Å². The molecule has 1 radical (unpaired) electrons. The number of aromatic nitrogens is 2. The number of rotatable bonds is 9. The van der Waals surface area contributed by atoms with Gasteiger partial charge >= 0.3 is 0 Å². The van der Waals surface area contributed by atoms with E-state index in [4.69, 9.17) is 9.97 Å². The van der Waals surface area contributed by atoms with Crippen LogP contribution >= 0.6 is 11.3 Å². The van der Waals surface area contributed by atoms with Crippen LogP contribution in [0.15, 0.2) is 78.3 Å². The molecule has 50 heavy (non-hydrogen) atoms. The Hall–Kier alpha value is -3.22. The minimum atomic E-state index is -1.42. The average Bonchev–Trinajstić information content (AvgIpc) is 3.65. The quantitative estimate of drug-likeness (QED) is 0.0693. The molecule has 1 aliphatic heterocycles. The number of thiazole rings is 1. The van der Waals surface area contributed by atoms with E-state index in [0.717, 1.165) is 57.6 Å². The van der Waals surface area contributed by atoms with E-state index < -0.39 is 8.07 Å². The average molecular weight is 880 g/mol. The summed E-state index contributed by atoms with van der Waals surface area (Å²) in [6.45, 7) is 19.7. The summed E-state index contributed by atoms with van der Waals surface area (Å²) in [6, 6.07) is 23.3. The van der Waals surface area contributed by atoms with E-state index >= 15 is 0 Å². The molecule has 0 fully saturated rings. The largest absolute Gasteiger partial charge is 0.512 e. The molecule has 7 heteroatoms. The topological polar surface area (TPSA) is 63.1 Å². The van der Waals surface area contributed by atoms with Gasteiger partial charge in [0.1, 0.15) is 13.1 Å². The van der Waals surface area contributed by atoms with Crippen molar-refractivity contribution in [1.82, 2.24) is 9.97 Å². The van der Waals surface area contributed by atoms with E-state index in [-0.39, 0.29) is 48.9 Å². The second-order valence-corrected chi connectivity index (χ2v) is 20.1. The van der Waals surface area contributed by atoms with Crippen LogP contribution in [0.1, 0.15) is 85.3 Å². The number of aliphatic hydroxyl groups is 1. The minimum absolute atomic E-state index is 0. The van der Waals surface area contributed by atoms with Crippen LogP contribution < -0.4 is 5.19 Å². The maximum Gasteiger partial charge on any atom is 0.162 e. The van der Waals surface area contributed by atoms with E-state index in [9.17, 15) is 9.90 Å². The van der Waals surface area contributed by atoms with Crippen LogP contribution in [0.2, 0.25) is 13.1 Å². The molecule has 1 N–H and O–H groups in total. The van der Waals surface area contributed by atoms with E-state index in [1.165, 1.54) is 33.3 Å². The molecule has 0 saturated heterocycles. The monoisotopic (exact) mass is 880 g/mol. The number of ketones is 1. The molecule has 0 unspecified atom stereocenters. The Labute approximate surface area is 317 Å². The zero-order chi connectivity index (χ0) is 35.5. The molecule has 5 aromatic rings. The Kier molecular flexibility index (Phi) is 13.0. The van der Waals surface area contributed by atoms with Crippen molar-refractivity contribution in [1.29, 1.82) is 0 Å². The zero-order valence-electron chi connectivity index (χ0n) is 31.0. The van der Waals surface area contributed by atoms with Crippen LogP contribution in [0.4, 0.5) is 0 Å². The molecule has 0 saturated carbocycles. The number of carbonyl (C=O) groups excluding carboxylic acids is 1. The van der Waals surface area contributed by atoms with E-state index in [1.54, 1.807) is 11.3 Å². The van der Waals surface area contributed by atoms with Crippen LogP contribution in [0.25, 0.3) is 48.9 Å². The van der Waals surface area contributed by atoms with Gasteiger partial charge in [-0.25, -0.2) is 4.98 Å². The Morgan fingerprint density at radius 1 is 0.960 bits per heavy atom. The van der Waals surface area contributed by atoms with Crippen molar-refractivity contribution in [3.8, 4) is 21.8 Å². The SMILES string of the molecule is CC(C)(C)c1cc(-c2nccc3nc(-c4ccc5c(c4)C=C[Si]5(C)C)sc23)[c-]c2ccccc12.CCC(CC)C(=O)/C=C(\O)C(CC)CC.[Ir]. The second-order valence-electron chi connectivity index (χ2n) is 14.8. The van der Waals surface area contributed by atoms with Crippen molar-refractivity contribution in [2.75, 3.05) is 0 Å². The molecular weight excluding hydrogens is 829 g/mol. The van der Waals surface area contributed by atoms with Gasteiger partial charge in [-0.2, -0.15) is 0 Å². The van der Waals surface area contributed by atoms with Gasteiger partial charge in [0, 0.05) is 60.2 Å². The number of pyridine rings is 1. The standard InChI is InChI=1S/C30H27N2SSi.C13H24O2.Ir/c1-30(2,3)24-18-22(16-19-8-6-7-9-23(19)24)27-28-25(12-14-31-27)32-29(33-28)21-10-11-26-20(17-21)13-15-34(26,4)5;1-5-10(6-2)12(14)9-13(15)11(7-3)8-4;/h6-15,17-18H,1-5H3;9-11,14H,5-8H2,1-4H3;/q-1;;/b;12-9-;. The number of hydrogen-bond donors (Lipinski definition) is 1. The Bertz CT molecular complexity index is 2030. The first-order valence-corrected chi connectivity index (χ1v) is 21.7. The summed E-state index contributed by atoms with van der Waals surface area (Å²) in [5.74, 6) is 0.547. The molecule has 0 bridgehead atoms. The first-order valence-electron chi connectivity index (χ1n) is 17.8. The van der Waals surface area contributed by atoms with Gasteiger partial charge < -0.3 is 5.11 Å². The van der Waals surface area contributed by atoms with Crippen molar-refractivity contribution in [2.45, 2.75) is 92.7 Å². The number of allylic oxidation sites excluding steroid dienone is 2. The molecule has 0 atom stereocenters. The van der Waals surface area contributed by atoms with Crippen LogP contribution in [-0.4, -0.2) is 28.9 Å². The normalized spacial score (nSPS) is 13.8. The van der Waals surface area contributed by atoms with Crippen LogP contribution in [0.5, 0.6) is 0 Å². The van der Waals surface area contributed by atoms with E-state index in [2.05, 4.69) is 100 Å². The van der Waals surface area contributed by atoms with Crippen molar-refractivity contribution >= 4 is 57.4 Å². The number of hydrogen-bond acceptors (Lipinski definition) is 5. The molecule has 3 heterocycles. The Balaban J connectivity index is 0.000000301. The van der Waals surface area contributed by atoms with Gasteiger partial charge in [0.15, 0.2) is 5.78 Å². The second kappa shape index (κ2) is 16.4. The van der Waals surface area contributed by atoms with Gasteiger partial charge in [-0.05, 0) is 54.0 Å². The predicted octanol–water partition coefficient (Wildman–Crippen LogP) is 11.6. The third-order valence-electron chi connectivity index (χ3n) is 9.90. The van der Waals surface area contributed by atoms with Crippen molar-refractivity contribution < 1.29 is 30.0 Å². The van der Waals surface area contributed by atoms with Crippen LogP contribution in [0.3, 0.4) is 0 Å². The molecule has 3 aromatic carbocycles. The van der Waals surface area contributed by atoms with Crippen molar-refractivity contribution in [3.63, 3.8) is 0 Å². The van der Waals surface area contributed by atoms with Crippen molar-refractivity contribution in [3.05, 3.63) is 95.5 Å². The van der Waals surface area contributed by atoms with Gasteiger partial charge in [-0.1, -0.05) is 115 Å². The van der Waals surface area contributed by atoms with Gasteiger partial charge in [-0.3, -0.25) is 9.78 Å². The first-order chi connectivity index (χ1) is 23.3. The molecule has 265 valence electrons.